The Kier molecular flexibility index (Phi) is 4.81. The molecule has 0 aliphatic rings. The predicted octanol–water partition coefficient (Wildman–Crippen LogP) is 2.89. The first kappa shape index (κ1) is 15.8. The van der Waals surface area contributed by atoms with Gasteiger partial charge in [0.25, 0.3) is 0 Å². The first-order chi connectivity index (χ1) is 8.68. The summed E-state index contributed by atoms with van der Waals surface area (Å²) >= 11 is 0. The van der Waals surface area contributed by atoms with Crippen molar-refractivity contribution in [2.75, 3.05) is 13.2 Å². The maximum Gasteiger partial charge on any atom is 0.416 e. The minimum Gasteiger partial charge on any atom is -0.395 e. The zero-order chi connectivity index (χ0) is 14.7. The lowest BCUT2D eigenvalue weighted by atomic mass is 9.99. The Hall–Kier alpha value is -1.28. The third-order valence-electron chi connectivity index (χ3n) is 2.36. The molecule has 0 bridgehead atoms. The number of hydrogen-bond donors (Lipinski definition) is 2. The van der Waals surface area contributed by atoms with Gasteiger partial charge in [-0.1, -0.05) is 18.2 Å². The molecule has 0 unspecified atom stereocenters. The molecule has 1 atom stereocenters. The largest absolute Gasteiger partial charge is 0.416 e. The zero-order valence-corrected chi connectivity index (χ0v) is 9.52. The molecular formula is C11H11F6NO. The van der Waals surface area contributed by atoms with E-state index in [0.717, 1.165) is 18.2 Å². The van der Waals surface area contributed by atoms with Crippen molar-refractivity contribution in [1.29, 1.82) is 0 Å². The minimum atomic E-state index is -4.89. The van der Waals surface area contributed by atoms with Gasteiger partial charge < -0.3 is 10.4 Å². The fraction of sp³-hybridized carbons (Fsp3) is 0.455. The van der Waals surface area contributed by atoms with Crippen LogP contribution in [0.4, 0.5) is 26.3 Å². The van der Waals surface area contributed by atoms with Crippen molar-refractivity contribution in [2.24, 2.45) is 0 Å². The summed E-state index contributed by atoms with van der Waals surface area (Å²) < 4.78 is 76.4. The molecule has 0 radical (unpaired) electrons. The van der Waals surface area contributed by atoms with Crippen LogP contribution < -0.4 is 5.32 Å². The van der Waals surface area contributed by atoms with Gasteiger partial charge in [-0.2, -0.15) is 26.3 Å². The van der Waals surface area contributed by atoms with E-state index < -0.39 is 42.7 Å². The van der Waals surface area contributed by atoms with Crippen LogP contribution in [0.1, 0.15) is 17.2 Å². The molecule has 1 rings (SSSR count). The van der Waals surface area contributed by atoms with E-state index in [9.17, 15) is 26.3 Å². The lowest BCUT2D eigenvalue weighted by Gasteiger charge is -2.24. The lowest BCUT2D eigenvalue weighted by Crippen LogP contribution is -2.37. The van der Waals surface area contributed by atoms with E-state index in [-0.39, 0.29) is 0 Å². The first-order valence-corrected chi connectivity index (χ1v) is 5.25. The van der Waals surface area contributed by atoms with E-state index in [1.807, 2.05) is 5.32 Å². The smallest absolute Gasteiger partial charge is 0.395 e. The highest BCUT2D eigenvalue weighted by Crippen LogP contribution is 2.40. The van der Waals surface area contributed by atoms with Crippen LogP contribution in [0, 0.1) is 0 Å². The van der Waals surface area contributed by atoms with Crippen molar-refractivity contribution in [2.45, 2.75) is 18.4 Å². The molecule has 0 saturated carbocycles. The monoisotopic (exact) mass is 287 g/mol. The Morgan fingerprint density at radius 2 is 1.63 bits per heavy atom. The number of alkyl halides is 6. The molecule has 0 heterocycles. The number of benzene rings is 1. The van der Waals surface area contributed by atoms with Gasteiger partial charge in [0.05, 0.1) is 12.2 Å². The predicted molar refractivity (Wildman–Crippen MR) is 55.3 cm³/mol. The van der Waals surface area contributed by atoms with Crippen molar-refractivity contribution in [3.63, 3.8) is 0 Å². The average Bonchev–Trinajstić information content (AvgIpc) is 2.27. The van der Waals surface area contributed by atoms with Gasteiger partial charge in [-0.3, -0.25) is 0 Å². The quantitative estimate of drug-likeness (QED) is 0.835. The molecular weight excluding hydrogens is 276 g/mol. The van der Waals surface area contributed by atoms with Crippen LogP contribution in [0.15, 0.2) is 24.3 Å². The summed E-state index contributed by atoms with van der Waals surface area (Å²) in [5, 5.41) is 10.4. The summed E-state index contributed by atoms with van der Waals surface area (Å²) in [5.74, 6) is 0. The van der Waals surface area contributed by atoms with Crippen molar-refractivity contribution in [1.82, 2.24) is 5.32 Å². The van der Waals surface area contributed by atoms with Gasteiger partial charge in [-0.25, -0.2) is 0 Å². The molecule has 0 aliphatic heterocycles. The summed E-state index contributed by atoms with van der Waals surface area (Å²) in [6.07, 6.45) is -9.77. The average molecular weight is 287 g/mol. The molecule has 108 valence electrons. The van der Waals surface area contributed by atoms with Crippen molar-refractivity contribution >= 4 is 0 Å². The summed E-state index contributed by atoms with van der Waals surface area (Å²) in [7, 11) is 0. The minimum absolute atomic E-state index is 0.462. The normalized spacial score (nSPS) is 14.5. The Labute approximate surface area is 105 Å². The molecule has 0 saturated heterocycles. The van der Waals surface area contributed by atoms with E-state index in [4.69, 9.17) is 5.11 Å². The zero-order valence-electron chi connectivity index (χ0n) is 9.52. The highest BCUT2D eigenvalue weighted by atomic mass is 19.4. The van der Waals surface area contributed by atoms with Gasteiger partial charge >= 0.3 is 12.4 Å². The molecule has 1 aromatic carbocycles. The second-order valence-corrected chi connectivity index (χ2v) is 3.74. The number of aliphatic hydroxyl groups is 1. The Morgan fingerprint density at radius 1 is 1.05 bits per heavy atom. The maximum atomic E-state index is 12.8. The van der Waals surface area contributed by atoms with E-state index in [1.165, 1.54) is 0 Å². The van der Waals surface area contributed by atoms with Crippen molar-refractivity contribution in [3.05, 3.63) is 35.4 Å². The Bertz CT molecular complexity index is 414. The van der Waals surface area contributed by atoms with E-state index in [1.54, 1.807) is 0 Å². The molecule has 0 spiro atoms. The molecule has 1 aromatic rings. The highest BCUT2D eigenvalue weighted by Gasteiger charge is 2.45. The van der Waals surface area contributed by atoms with Crippen LogP contribution >= 0.6 is 0 Å². The van der Waals surface area contributed by atoms with Crippen LogP contribution in [0.3, 0.4) is 0 Å². The molecule has 2 nitrogen and oxygen atoms in total. The van der Waals surface area contributed by atoms with Gasteiger partial charge in [0.1, 0.15) is 6.04 Å². The first-order valence-electron chi connectivity index (χ1n) is 5.25. The molecule has 0 aliphatic carbocycles. The van der Waals surface area contributed by atoms with Crippen LogP contribution in [-0.4, -0.2) is 24.4 Å². The summed E-state index contributed by atoms with van der Waals surface area (Å²) in [6.45, 7) is -1.07. The lowest BCUT2D eigenvalue weighted by molar-refractivity contribution is -0.162. The summed E-state index contributed by atoms with van der Waals surface area (Å²) in [5.41, 5.74) is -2.25. The highest BCUT2D eigenvalue weighted by molar-refractivity contribution is 5.33. The van der Waals surface area contributed by atoms with E-state index in [2.05, 4.69) is 0 Å². The van der Waals surface area contributed by atoms with Gasteiger partial charge in [0, 0.05) is 6.54 Å². The number of aliphatic hydroxyl groups excluding tert-OH is 1. The summed E-state index contributed by atoms with van der Waals surface area (Å²) in [4.78, 5) is 0. The topological polar surface area (TPSA) is 32.3 Å². The Balaban J connectivity index is 3.23. The number of hydrogen-bond acceptors (Lipinski definition) is 2. The molecule has 2 N–H and O–H groups in total. The third kappa shape index (κ3) is 4.10. The fourth-order valence-electron chi connectivity index (χ4n) is 1.62. The van der Waals surface area contributed by atoms with Crippen LogP contribution in [0.2, 0.25) is 0 Å². The fourth-order valence-corrected chi connectivity index (χ4v) is 1.62. The van der Waals surface area contributed by atoms with Gasteiger partial charge in [-0.05, 0) is 11.6 Å². The van der Waals surface area contributed by atoms with Gasteiger partial charge in [-0.15, -0.1) is 0 Å². The number of halogens is 6. The Morgan fingerprint density at radius 3 is 2.11 bits per heavy atom. The second kappa shape index (κ2) is 5.79. The third-order valence-corrected chi connectivity index (χ3v) is 2.36. The van der Waals surface area contributed by atoms with Gasteiger partial charge in [0.2, 0.25) is 0 Å². The SMILES string of the molecule is OCCN[C@@H](c1ccccc1C(F)(F)F)C(F)(F)F. The van der Waals surface area contributed by atoms with Crippen LogP contribution in [0.25, 0.3) is 0 Å². The van der Waals surface area contributed by atoms with Gasteiger partial charge in [0.15, 0.2) is 0 Å². The molecule has 8 heteroatoms. The van der Waals surface area contributed by atoms with Crippen LogP contribution in [-0.2, 0) is 6.18 Å². The maximum absolute atomic E-state index is 12.8. The van der Waals surface area contributed by atoms with Crippen molar-refractivity contribution < 1.29 is 31.4 Å². The standard InChI is InChI=1S/C11H11F6NO/c12-10(13,14)8-4-2-1-3-7(8)9(11(15,16)17)18-5-6-19/h1-4,9,18-19H,5-6H2/t9-/m0/s1. The molecule has 0 fully saturated rings. The van der Waals surface area contributed by atoms with E-state index in [0.29, 0.717) is 6.07 Å². The number of nitrogens with one attached hydrogen (secondary N) is 1. The summed E-state index contributed by atoms with van der Waals surface area (Å²) in [6, 6.07) is 1.01. The molecule has 19 heavy (non-hydrogen) atoms. The molecule has 0 amide bonds. The van der Waals surface area contributed by atoms with Crippen molar-refractivity contribution in [3.8, 4) is 0 Å². The molecule has 0 aromatic heterocycles. The second-order valence-electron chi connectivity index (χ2n) is 3.74. The van der Waals surface area contributed by atoms with Crippen LogP contribution in [0.5, 0.6) is 0 Å². The number of rotatable bonds is 4. The van der Waals surface area contributed by atoms with E-state index >= 15 is 0 Å².